The largest absolute Gasteiger partial charge is 0.416 e. The second-order valence-electron chi connectivity index (χ2n) is 6.59. The van der Waals surface area contributed by atoms with Crippen LogP contribution in [0.1, 0.15) is 22.5 Å². The maximum atomic E-state index is 13.3. The summed E-state index contributed by atoms with van der Waals surface area (Å²) < 4.78 is 41.1. The van der Waals surface area contributed by atoms with Gasteiger partial charge < -0.3 is 4.98 Å². The molecular weight excluding hydrogens is 385 g/mol. The molecule has 148 valence electrons. The molecule has 0 saturated carbocycles. The smallest absolute Gasteiger partial charge is 0.336 e. The third kappa shape index (κ3) is 3.35. The maximum absolute atomic E-state index is 13.3. The van der Waals surface area contributed by atoms with Gasteiger partial charge >= 0.3 is 11.9 Å². The standard InChI is InChI=1S/C20H15F3N4O2/c1-11-6-2-5-9-14(11)27-17-16(18(28)26-19(27)29)24-15(25-17)10-12-7-3-4-8-13(12)20(21,22)23/h2-9H,10H2,1H3,(H,24,25)(H,26,28,29). The molecule has 0 atom stereocenters. The third-order valence-electron chi connectivity index (χ3n) is 4.63. The Kier molecular flexibility index (Phi) is 4.37. The first-order valence-electron chi connectivity index (χ1n) is 8.71. The lowest BCUT2D eigenvalue weighted by molar-refractivity contribution is -0.138. The highest BCUT2D eigenvalue weighted by Gasteiger charge is 2.33. The van der Waals surface area contributed by atoms with Gasteiger partial charge in [0.15, 0.2) is 5.65 Å². The molecule has 0 aliphatic carbocycles. The van der Waals surface area contributed by atoms with Gasteiger partial charge in [0.2, 0.25) is 0 Å². The maximum Gasteiger partial charge on any atom is 0.416 e. The lowest BCUT2D eigenvalue weighted by Crippen LogP contribution is -2.29. The van der Waals surface area contributed by atoms with Crippen LogP contribution < -0.4 is 11.2 Å². The number of alkyl halides is 3. The summed E-state index contributed by atoms with van der Waals surface area (Å²) in [5, 5.41) is 0. The Balaban J connectivity index is 1.90. The second-order valence-corrected chi connectivity index (χ2v) is 6.59. The van der Waals surface area contributed by atoms with Crippen molar-refractivity contribution in [2.45, 2.75) is 19.5 Å². The van der Waals surface area contributed by atoms with Crippen molar-refractivity contribution in [2.24, 2.45) is 0 Å². The predicted molar refractivity (Wildman–Crippen MR) is 101 cm³/mol. The molecule has 0 unspecified atom stereocenters. The van der Waals surface area contributed by atoms with Crippen molar-refractivity contribution >= 4 is 11.2 Å². The zero-order valence-electron chi connectivity index (χ0n) is 15.2. The molecule has 0 fully saturated rings. The van der Waals surface area contributed by atoms with Crippen LogP contribution in [0.15, 0.2) is 58.1 Å². The van der Waals surface area contributed by atoms with Crippen molar-refractivity contribution in [3.05, 3.63) is 91.9 Å². The molecule has 2 heterocycles. The number of rotatable bonds is 3. The van der Waals surface area contributed by atoms with Crippen LogP contribution in [0.5, 0.6) is 0 Å². The quantitative estimate of drug-likeness (QED) is 0.553. The second kappa shape index (κ2) is 6.77. The molecule has 4 rings (SSSR count). The number of imidazole rings is 1. The van der Waals surface area contributed by atoms with E-state index in [-0.39, 0.29) is 29.0 Å². The number of benzene rings is 2. The zero-order valence-corrected chi connectivity index (χ0v) is 15.2. The summed E-state index contributed by atoms with van der Waals surface area (Å²) in [5.74, 6) is 0.148. The number of H-pyrrole nitrogens is 2. The lowest BCUT2D eigenvalue weighted by atomic mass is 10.0. The number of halogens is 3. The van der Waals surface area contributed by atoms with Gasteiger partial charge in [-0.2, -0.15) is 13.2 Å². The number of nitrogens with one attached hydrogen (secondary N) is 2. The van der Waals surface area contributed by atoms with Gasteiger partial charge in [-0.15, -0.1) is 0 Å². The van der Waals surface area contributed by atoms with E-state index < -0.39 is 23.0 Å². The molecular formula is C20H15F3N4O2. The molecule has 2 aromatic heterocycles. The zero-order chi connectivity index (χ0) is 20.8. The molecule has 0 radical (unpaired) electrons. The summed E-state index contributed by atoms with van der Waals surface area (Å²) in [6, 6.07) is 12.2. The van der Waals surface area contributed by atoms with Gasteiger partial charge in [0.05, 0.1) is 11.3 Å². The molecule has 0 aliphatic rings. The van der Waals surface area contributed by atoms with E-state index >= 15 is 0 Å². The van der Waals surface area contributed by atoms with E-state index in [9.17, 15) is 22.8 Å². The van der Waals surface area contributed by atoms with Crippen molar-refractivity contribution in [1.82, 2.24) is 19.5 Å². The minimum atomic E-state index is -4.51. The number of aryl methyl sites for hydroxylation is 1. The van der Waals surface area contributed by atoms with Crippen LogP contribution in [0.3, 0.4) is 0 Å². The highest BCUT2D eigenvalue weighted by molar-refractivity contribution is 5.72. The summed E-state index contributed by atoms with van der Waals surface area (Å²) in [7, 11) is 0. The van der Waals surface area contributed by atoms with Crippen molar-refractivity contribution in [2.75, 3.05) is 0 Å². The fourth-order valence-electron chi connectivity index (χ4n) is 3.30. The average Bonchev–Trinajstić information content (AvgIpc) is 3.07. The van der Waals surface area contributed by atoms with Gasteiger partial charge in [0.25, 0.3) is 5.56 Å². The van der Waals surface area contributed by atoms with Crippen molar-refractivity contribution in [3.63, 3.8) is 0 Å². The van der Waals surface area contributed by atoms with Crippen LogP contribution in [0.2, 0.25) is 0 Å². The van der Waals surface area contributed by atoms with E-state index in [0.29, 0.717) is 5.69 Å². The normalized spacial score (nSPS) is 11.9. The van der Waals surface area contributed by atoms with Crippen LogP contribution >= 0.6 is 0 Å². The highest BCUT2D eigenvalue weighted by atomic mass is 19.4. The van der Waals surface area contributed by atoms with Crippen molar-refractivity contribution in [3.8, 4) is 5.69 Å². The first-order valence-corrected chi connectivity index (χ1v) is 8.71. The highest BCUT2D eigenvalue weighted by Crippen LogP contribution is 2.32. The molecule has 9 heteroatoms. The van der Waals surface area contributed by atoms with Gasteiger partial charge in [0.1, 0.15) is 11.3 Å². The fourth-order valence-corrected chi connectivity index (χ4v) is 3.30. The van der Waals surface area contributed by atoms with E-state index in [1.807, 2.05) is 0 Å². The molecule has 0 spiro atoms. The Morgan fingerprint density at radius 3 is 2.41 bits per heavy atom. The van der Waals surface area contributed by atoms with Gasteiger partial charge in [-0.05, 0) is 30.2 Å². The molecule has 0 bridgehead atoms. The Labute approximate surface area is 161 Å². The number of fused-ring (bicyclic) bond motifs is 1. The van der Waals surface area contributed by atoms with E-state index in [1.165, 1.54) is 22.8 Å². The Hall–Kier alpha value is -3.62. The van der Waals surface area contributed by atoms with E-state index in [1.54, 1.807) is 31.2 Å². The molecule has 6 nitrogen and oxygen atoms in total. The van der Waals surface area contributed by atoms with E-state index in [0.717, 1.165) is 11.6 Å². The fraction of sp³-hybridized carbons (Fsp3) is 0.150. The Morgan fingerprint density at radius 2 is 1.69 bits per heavy atom. The molecule has 29 heavy (non-hydrogen) atoms. The SMILES string of the molecule is Cc1ccccc1-n1c(=O)[nH]c(=O)c2[nH]c(Cc3ccccc3C(F)(F)F)nc21. The molecule has 4 aromatic rings. The number of nitrogens with zero attached hydrogens (tertiary/aromatic N) is 2. The summed E-state index contributed by atoms with van der Waals surface area (Å²) in [5.41, 5.74) is -0.739. The van der Waals surface area contributed by atoms with E-state index in [4.69, 9.17) is 0 Å². The van der Waals surface area contributed by atoms with Crippen LogP contribution in [-0.2, 0) is 12.6 Å². The lowest BCUT2D eigenvalue weighted by Gasteiger charge is -2.11. The number of hydrogen-bond acceptors (Lipinski definition) is 3. The van der Waals surface area contributed by atoms with Crippen molar-refractivity contribution in [1.29, 1.82) is 0 Å². The first-order chi connectivity index (χ1) is 13.8. The number of para-hydroxylation sites is 1. The summed E-state index contributed by atoms with van der Waals surface area (Å²) in [4.78, 5) is 34.0. The minimum absolute atomic E-state index is 0.0141. The van der Waals surface area contributed by atoms with Gasteiger partial charge in [-0.3, -0.25) is 9.78 Å². The molecule has 2 aromatic carbocycles. The van der Waals surface area contributed by atoms with Crippen molar-refractivity contribution < 1.29 is 13.2 Å². The summed E-state index contributed by atoms with van der Waals surface area (Å²) in [6.07, 6.45) is -4.69. The van der Waals surface area contributed by atoms with Crippen LogP contribution in [-0.4, -0.2) is 19.5 Å². The monoisotopic (exact) mass is 400 g/mol. The average molecular weight is 400 g/mol. The predicted octanol–water partition coefficient (Wildman–Crippen LogP) is 3.32. The van der Waals surface area contributed by atoms with E-state index in [2.05, 4.69) is 15.0 Å². The molecule has 0 amide bonds. The summed E-state index contributed by atoms with van der Waals surface area (Å²) in [6.45, 7) is 1.80. The Morgan fingerprint density at radius 1 is 1.00 bits per heavy atom. The van der Waals surface area contributed by atoms with Crippen LogP contribution in [0, 0.1) is 6.92 Å². The molecule has 2 N–H and O–H groups in total. The molecule has 0 aliphatic heterocycles. The number of aromatic amines is 2. The number of aromatic nitrogens is 4. The van der Waals surface area contributed by atoms with Gasteiger partial charge in [-0.25, -0.2) is 14.3 Å². The Bertz CT molecular complexity index is 1330. The van der Waals surface area contributed by atoms with Crippen LogP contribution in [0.25, 0.3) is 16.9 Å². The first kappa shape index (κ1) is 18.7. The minimum Gasteiger partial charge on any atom is -0.336 e. The summed E-state index contributed by atoms with van der Waals surface area (Å²) >= 11 is 0. The van der Waals surface area contributed by atoms with Crippen LogP contribution in [0.4, 0.5) is 13.2 Å². The number of hydrogen-bond donors (Lipinski definition) is 2. The third-order valence-corrected chi connectivity index (χ3v) is 4.63. The van der Waals surface area contributed by atoms with Gasteiger partial charge in [-0.1, -0.05) is 36.4 Å². The molecule has 0 saturated heterocycles. The topological polar surface area (TPSA) is 83.5 Å². The van der Waals surface area contributed by atoms with Gasteiger partial charge in [0, 0.05) is 6.42 Å².